The molecular formula is C25H27N3O6S. The van der Waals surface area contributed by atoms with Crippen molar-refractivity contribution in [2.45, 2.75) is 53.0 Å². The highest BCUT2D eigenvalue weighted by Crippen LogP contribution is 2.33. The average Bonchev–Trinajstić information content (AvgIpc) is 2.98. The van der Waals surface area contributed by atoms with Gasteiger partial charge in [-0.25, -0.2) is 14.6 Å². The smallest absolute Gasteiger partial charge is 0.341 e. The summed E-state index contributed by atoms with van der Waals surface area (Å²) in [6, 6.07) is 4.59. The van der Waals surface area contributed by atoms with Crippen molar-refractivity contribution in [1.82, 2.24) is 9.55 Å². The molecule has 2 aromatic heterocycles. The fourth-order valence-corrected chi connectivity index (χ4v) is 5.15. The Kier molecular flexibility index (Phi) is 7.30. The lowest BCUT2D eigenvalue weighted by Gasteiger charge is -2.11. The largest absolute Gasteiger partial charge is 0.462 e. The first-order valence-electron chi connectivity index (χ1n) is 11.6. The van der Waals surface area contributed by atoms with E-state index in [-0.39, 0.29) is 17.7 Å². The van der Waals surface area contributed by atoms with Gasteiger partial charge in [-0.1, -0.05) is 6.42 Å². The minimum absolute atomic E-state index is 0.106. The van der Waals surface area contributed by atoms with Gasteiger partial charge in [0.15, 0.2) is 6.61 Å². The van der Waals surface area contributed by atoms with Gasteiger partial charge in [0.2, 0.25) is 0 Å². The minimum Gasteiger partial charge on any atom is -0.462 e. The standard InChI is InChI=1S/C25H27N3O6S/c1-4-33-25(32)21-14(2)15(3)35-22(21)27-20(29)13-34-24(31)16-9-10-17-18(12-16)26-19-8-6-5-7-11-28(19)23(17)30/h9-10,12H,4-8,11,13H2,1-3H3,(H,27,29). The summed E-state index contributed by atoms with van der Waals surface area (Å²) in [5.41, 5.74) is 1.57. The molecule has 9 nitrogen and oxygen atoms in total. The summed E-state index contributed by atoms with van der Waals surface area (Å²) in [7, 11) is 0. The Morgan fingerprint density at radius 1 is 1.11 bits per heavy atom. The van der Waals surface area contributed by atoms with Crippen LogP contribution in [0.1, 0.15) is 63.2 Å². The molecule has 184 valence electrons. The van der Waals surface area contributed by atoms with Crippen molar-refractivity contribution in [1.29, 1.82) is 0 Å². The van der Waals surface area contributed by atoms with Gasteiger partial charge in [-0.3, -0.25) is 14.2 Å². The fraction of sp³-hybridized carbons (Fsp3) is 0.400. The lowest BCUT2D eigenvalue weighted by molar-refractivity contribution is -0.119. The maximum atomic E-state index is 12.9. The highest BCUT2D eigenvalue weighted by molar-refractivity contribution is 7.16. The first kappa shape index (κ1) is 24.6. The number of carbonyl (C=O) groups excluding carboxylic acids is 3. The first-order chi connectivity index (χ1) is 16.8. The summed E-state index contributed by atoms with van der Waals surface area (Å²) < 4.78 is 12.0. The maximum Gasteiger partial charge on any atom is 0.341 e. The van der Waals surface area contributed by atoms with E-state index in [1.54, 1.807) is 24.5 Å². The normalized spacial score (nSPS) is 13.1. The zero-order valence-electron chi connectivity index (χ0n) is 19.9. The number of rotatable bonds is 6. The van der Waals surface area contributed by atoms with Crippen LogP contribution >= 0.6 is 11.3 Å². The molecule has 10 heteroatoms. The Bertz CT molecular complexity index is 1370. The monoisotopic (exact) mass is 497 g/mol. The highest BCUT2D eigenvalue weighted by Gasteiger charge is 2.23. The van der Waals surface area contributed by atoms with Crippen LogP contribution < -0.4 is 10.9 Å². The van der Waals surface area contributed by atoms with E-state index in [1.807, 2.05) is 6.92 Å². The number of hydrogen-bond acceptors (Lipinski definition) is 8. The van der Waals surface area contributed by atoms with Crippen LogP contribution in [-0.4, -0.2) is 40.6 Å². The number of aromatic nitrogens is 2. The second kappa shape index (κ2) is 10.4. The molecule has 1 aromatic carbocycles. The predicted molar refractivity (Wildman–Crippen MR) is 132 cm³/mol. The number of fused-ring (bicyclic) bond motifs is 2. The molecule has 1 aliphatic rings. The third-order valence-electron chi connectivity index (χ3n) is 6.00. The third kappa shape index (κ3) is 5.12. The lowest BCUT2D eigenvalue weighted by Crippen LogP contribution is -2.25. The van der Waals surface area contributed by atoms with Crippen LogP contribution in [-0.2, 0) is 27.2 Å². The van der Waals surface area contributed by atoms with Gasteiger partial charge in [0, 0.05) is 17.8 Å². The number of esters is 2. The van der Waals surface area contributed by atoms with E-state index < -0.39 is 24.5 Å². The van der Waals surface area contributed by atoms with Crippen LogP contribution in [0, 0.1) is 13.8 Å². The summed E-state index contributed by atoms with van der Waals surface area (Å²) in [5, 5.41) is 3.44. The Morgan fingerprint density at radius 2 is 1.91 bits per heavy atom. The van der Waals surface area contributed by atoms with Crippen LogP contribution in [0.4, 0.5) is 5.00 Å². The third-order valence-corrected chi connectivity index (χ3v) is 7.13. The molecule has 0 fully saturated rings. The van der Waals surface area contributed by atoms with E-state index in [4.69, 9.17) is 9.47 Å². The summed E-state index contributed by atoms with van der Waals surface area (Å²) in [5.74, 6) is -1.07. The number of hydrogen-bond donors (Lipinski definition) is 1. The van der Waals surface area contributed by atoms with Crippen LogP contribution in [0.2, 0.25) is 0 Å². The molecule has 0 bridgehead atoms. The number of nitrogens with one attached hydrogen (secondary N) is 1. The topological polar surface area (TPSA) is 117 Å². The molecule has 35 heavy (non-hydrogen) atoms. The van der Waals surface area contributed by atoms with Gasteiger partial charge in [0.1, 0.15) is 10.8 Å². The van der Waals surface area contributed by atoms with Crippen LogP contribution in [0.5, 0.6) is 0 Å². The zero-order chi connectivity index (χ0) is 25.1. The van der Waals surface area contributed by atoms with Crippen molar-refractivity contribution in [2.24, 2.45) is 0 Å². The fourth-order valence-electron chi connectivity index (χ4n) is 4.09. The van der Waals surface area contributed by atoms with E-state index in [2.05, 4.69) is 10.3 Å². The lowest BCUT2D eigenvalue weighted by atomic mass is 10.1. The highest BCUT2D eigenvalue weighted by atomic mass is 32.1. The van der Waals surface area contributed by atoms with Crippen molar-refractivity contribution < 1.29 is 23.9 Å². The van der Waals surface area contributed by atoms with E-state index in [0.29, 0.717) is 28.0 Å². The minimum atomic E-state index is -0.706. The molecule has 0 saturated heterocycles. The molecule has 3 heterocycles. The number of thiophene rings is 1. The summed E-state index contributed by atoms with van der Waals surface area (Å²) in [6.07, 6.45) is 3.68. The molecule has 4 rings (SSSR count). The summed E-state index contributed by atoms with van der Waals surface area (Å²) >= 11 is 1.26. The molecule has 0 spiro atoms. The molecule has 3 aromatic rings. The maximum absolute atomic E-state index is 12.9. The molecule has 0 radical (unpaired) electrons. The molecule has 0 atom stereocenters. The summed E-state index contributed by atoms with van der Waals surface area (Å²) in [4.78, 5) is 55.7. The second-order valence-corrected chi connectivity index (χ2v) is 9.58. The molecule has 0 unspecified atom stereocenters. The van der Waals surface area contributed by atoms with E-state index >= 15 is 0 Å². The molecule has 0 saturated carbocycles. The number of aryl methyl sites for hydroxylation is 2. The SMILES string of the molecule is CCOC(=O)c1c(NC(=O)COC(=O)c2ccc3c(=O)n4c(nc3c2)CCCCC4)sc(C)c1C. The van der Waals surface area contributed by atoms with E-state index in [0.717, 1.165) is 41.9 Å². The predicted octanol–water partition coefficient (Wildman–Crippen LogP) is 3.77. The van der Waals surface area contributed by atoms with Crippen LogP contribution in [0.3, 0.4) is 0 Å². The number of ether oxygens (including phenoxy) is 2. The van der Waals surface area contributed by atoms with Crippen molar-refractivity contribution >= 4 is 45.1 Å². The van der Waals surface area contributed by atoms with Gasteiger partial charge >= 0.3 is 11.9 Å². The van der Waals surface area contributed by atoms with Gasteiger partial charge in [-0.05, 0) is 57.4 Å². The van der Waals surface area contributed by atoms with Gasteiger partial charge in [-0.2, -0.15) is 0 Å². The number of carbonyl (C=O) groups is 3. The molecule has 1 aliphatic heterocycles. The molecule has 1 N–H and O–H groups in total. The summed E-state index contributed by atoms with van der Waals surface area (Å²) in [6.45, 7) is 5.67. The number of nitrogens with zero attached hydrogens (tertiary/aromatic N) is 2. The average molecular weight is 498 g/mol. The Labute approximate surface area is 206 Å². The van der Waals surface area contributed by atoms with Crippen LogP contribution in [0.25, 0.3) is 10.9 Å². The number of amides is 1. The van der Waals surface area contributed by atoms with Crippen molar-refractivity contribution in [3.8, 4) is 0 Å². The van der Waals surface area contributed by atoms with Gasteiger partial charge in [-0.15, -0.1) is 11.3 Å². The van der Waals surface area contributed by atoms with E-state index in [9.17, 15) is 19.2 Å². The van der Waals surface area contributed by atoms with E-state index in [1.165, 1.54) is 23.5 Å². The molecular weight excluding hydrogens is 470 g/mol. The molecule has 0 aliphatic carbocycles. The Balaban J connectivity index is 1.46. The second-order valence-electron chi connectivity index (χ2n) is 8.36. The molecule has 1 amide bonds. The Hall–Kier alpha value is -3.53. The Morgan fingerprint density at radius 3 is 2.69 bits per heavy atom. The number of anilines is 1. The van der Waals surface area contributed by atoms with Gasteiger partial charge in [0.25, 0.3) is 11.5 Å². The van der Waals surface area contributed by atoms with Crippen molar-refractivity contribution in [3.63, 3.8) is 0 Å². The van der Waals surface area contributed by atoms with Gasteiger partial charge in [0.05, 0.1) is 28.6 Å². The van der Waals surface area contributed by atoms with Crippen LogP contribution in [0.15, 0.2) is 23.0 Å². The quantitative estimate of drug-likeness (QED) is 0.515. The first-order valence-corrected chi connectivity index (χ1v) is 12.4. The van der Waals surface area contributed by atoms with Crippen molar-refractivity contribution in [2.75, 3.05) is 18.5 Å². The number of benzene rings is 1. The van der Waals surface area contributed by atoms with Crippen molar-refractivity contribution in [3.05, 3.63) is 55.9 Å². The van der Waals surface area contributed by atoms with Gasteiger partial charge < -0.3 is 14.8 Å². The zero-order valence-corrected chi connectivity index (χ0v) is 20.8.